The number of hydrogen-bond donors (Lipinski definition) is 3. The minimum Gasteiger partial charge on any atom is -0.384 e. The van der Waals surface area contributed by atoms with Crippen LogP contribution in [-0.4, -0.2) is 31.3 Å². The Morgan fingerprint density at radius 1 is 1.32 bits per heavy atom. The molecule has 0 aliphatic rings. The molecule has 3 aromatic heterocycles. The number of H-pyrrole nitrogens is 1. The third kappa shape index (κ3) is 2.04. The van der Waals surface area contributed by atoms with Crippen LogP contribution in [0.4, 0.5) is 5.82 Å². The lowest BCUT2D eigenvalue weighted by Crippen LogP contribution is -2.06. The van der Waals surface area contributed by atoms with Gasteiger partial charge in [0.15, 0.2) is 5.65 Å². The molecule has 98 valence electrons. The van der Waals surface area contributed by atoms with Crippen molar-refractivity contribution in [2.24, 2.45) is 5.73 Å². The number of fused-ring (bicyclic) bond motifs is 1. The lowest BCUT2D eigenvalue weighted by atomic mass is 10.2. The molecule has 0 aliphatic carbocycles. The molecule has 0 amide bonds. The molecular formula is C12H15N7. The molecule has 0 bridgehead atoms. The van der Waals surface area contributed by atoms with Gasteiger partial charge in [-0.25, -0.2) is 4.98 Å². The maximum absolute atomic E-state index is 6.00. The molecule has 7 nitrogen and oxygen atoms in total. The van der Waals surface area contributed by atoms with Crippen molar-refractivity contribution >= 4 is 11.5 Å². The minimum atomic E-state index is 0.576. The number of hydrogen-bond acceptors (Lipinski definition) is 5. The Kier molecular flexibility index (Phi) is 2.88. The molecule has 0 unspecified atom stereocenters. The maximum Gasteiger partial charge on any atom is 0.165 e. The molecule has 0 atom stereocenters. The summed E-state index contributed by atoms with van der Waals surface area (Å²) in [5.41, 5.74) is 15.1. The summed E-state index contributed by atoms with van der Waals surface area (Å²) in [6, 6.07) is 1.84. The van der Waals surface area contributed by atoms with Crippen molar-refractivity contribution in [3.05, 3.63) is 30.4 Å². The van der Waals surface area contributed by atoms with Crippen LogP contribution in [0.15, 0.2) is 24.7 Å². The van der Waals surface area contributed by atoms with Gasteiger partial charge in [0.2, 0.25) is 0 Å². The van der Waals surface area contributed by atoms with Crippen molar-refractivity contribution in [2.75, 3.05) is 12.3 Å². The Balaban J connectivity index is 2.12. The van der Waals surface area contributed by atoms with E-state index < -0.39 is 0 Å². The Labute approximate surface area is 109 Å². The molecule has 7 heteroatoms. The van der Waals surface area contributed by atoms with Crippen LogP contribution in [0.2, 0.25) is 0 Å². The molecule has 0 saturated carbocycles. The summed E-state index contributed by atoms with van der Waals surface area (Å²) in [5.74, 6) is 0.576. The van der Waals surface area contributed by atoms with Gasteiger partial charge in [-0.15, -0.1) is 0 Å². The predicted molar refractivity (Wildman–Crippen MR) is 72.4 cm³/mol. The van der Waals surface area contributed by atoms with Gasteiger partial charge in [-0.2, -0.15) is 14.7 Å². The van der Waals surface area contributed by atoms with Crippen LogP contribution < -0.4 is 11.5 Å². The fourth-order valence-corrected chi connectivity index (χ4v) is 2.05. The van der Waals surface area contributed by atoms with Crippen LogP contribution in [0.3, 0.4) is 0 Å². The van der Waals surface area contributed by atoms with Crippen molar-refractivity contribution < 1.29 is 0 Å². The largest absolute Gasteiger partial charge is 0.384 e. The highest BCUT2D eigenvalue weighted by molar-refractivity contribution is 5.77. The number of anilines is 1. The zero-order chi connectivity index (χ0) is 13.2. The van der Waals surface area contributed by atoms with Gasteiger partial charge < -0.3 is 11.5 Å². The number of nitrogens with one attached hydrogen (secondary N) is 1. The second kappa shape index (κ2) is 4.69. The number of nitrogen functional groups attached to an aromatic ring is 1. The second-order valence-corrected chi connectivity index (χ2v) is 4.35. The molecule has 0 saturated heterocycles. The first-order valence-electron chi connectivity index (χ1n) is 6.12. The van der Waals surface area contributed by atoms with Gasteiger partial charge in [-0.05, 0) is 19.4 Å². The molecule has 3 rings (SSSR count). The SMILES string of the molecule is NCCCc1cc(N)n2ncc(-c3cn[nH]c3)c2n1. The molecule has 0 fully saturated rings. The van der Waals surface area contributed by atoms with E-state index in [4.69, 9.17) is 11.5 Å². The number of aromatic amines is 1. The first kappa shape index (κ1) is 11.7. The van der Waals surface area contributed by atoms with Crippen molar-refractivity contribution in [3.63, 3.8) is 0 Å². The van der Waals surface area contributed by atoms with E-state index in [1.165, 1.54) is 0 Å². The van der Waals surface area contributed by atoms with Gasteiger partial charge in [-0.3, -0.25) is 5.10 Å². The van der Waals surface area contributed by atoms with Crippen LogP contribution in [0.5, 0.6) is 0 Å². The van der Waals surface area contributed by atoms with Crippen molar-refractivity contribution in [3.8, 4) is 11.1 Å². The highest BCUT2D eigenvalue weighted by Crippen LogP contribution is 2.24. The first-order chi connectivity index (χ1) is 9.29. The molecule has 0 radical (unpaired) electrons. The maximum atomic E-state index is 6.00. The highest BCUT2D eigenvalue weighted by atomic mass is 15.3. The smallest absolute Gasteiger partial charge is 0.165 e. The Bertz CT molecular complexity index is 683. The zero-order valence-corrected chi connectivity index (χ0v) is 10.4. The van der Waals surface area contributed by atoms with E-state index in [2.05, 4.69) is 20.3 Å². The van der Waals surface area contributed by atoms with Crippen LogP contribution in [-0.2, 0) is 6.42 Å². The average Bonchev–Trinajstić information content (AvgIpc) is 3.04. The van der Waals surface area contributed by atoms with E-state index in [0.717, 1.165) is 35.3 Å². The number of aryl methyl sites for hydroxylation is 1. The van der Waals surface area contributed by atoms with Gasteiger partial charge in [0, 0.05) is 29.1 Å². The fraction of sp³-hybridized carbons (Fsp3) is 0.250. The highest BCUT2D eigenvalue weighted by Gasteiger charge is 2.12. The standard InChI is InChI=1S/C12H15N7/c13-3-1-2-9-4-11(14)19-12(18-9)10(7-17-19)8-5-15-16-6-8/h4-7H,1-3,13-14H2,(H,15,16). The Morgan fingerprint density at radius 3 is 2.95 bits per heavy atom. The lowest BCUT2D eigenvalue weighted by Gasteiger charge is -2.04. The van der Waals surface area contributed by atoms with E-state index in [1.54, 1.807) is 23.1 Å². The van der Waals surface area contributed by atoms with Crippen LogP contribution >= 0.6 is 0 Å². The second-order valence-electron chi connectivity index (χ2n) is 4.35. The van der Waals surface area contributed by atoms with Crippen molar-refractivity contribution in [2.45, 2.75) is 12.8 Å². The van der Waals surface area contributed by atoms with E-state index in [0.29, 0.717) is 12.4 Å². The van der Waals surface area contributed by atoms with E-state index >= 15 is 0 Å². The normalized spacial score (nSPS) is 11.2. The summed E-state index contributed by atoms with van der Waals surface area (Å²) in [6.45, 7) is 0.639. The molecule has 3 aromatic rings. The van der Waals surface area contributed by atoms with E-state index in [-0.39, 0.29) is 0 Å². The number of aromatic nitrogens is 5. The molecule has 3 heterocycles. The summed E-state index contributed by atoms with van der Waals surface area (Å²) >= 11 is 0. The summed E-state index contributed by atoms with van der Waals surface area (Å²) in [4.78, 5) is 4.61. The molecule has 19 heavy (non-hydrogen) atoms. The van der Waals surface area contributed by atoms with Crippen molar-refractivity contribution in [1.29, 1.82) is 0 Å². The summed E-state index contributed by atoms with van der Waals surface area (Å²) in [6.07, 6.45) is 6.99. The third-order valence-corrected chi connectivity index (χ3v) is 3.00. The predicted octanol–water partition coefficient (Wildman–Crippen LogP) is 0.593. The van der Waals surface area contributed by atoms with Crippen LogP contribution in [0.25, 0.3) is 16.8 Å². The van der Waals surface area contributed by atoms with Gasteiger partial charge in [0.05, 0.1) is 12.4 Å². The topological polar surface area (TPSA) is 111 Å². The summed E-state index contributed by atoms with van der Waals surface area (Å²) in [5, 5.41) is 11.0. The first-order valence-corrected chi connectivity index (χ1v) is 6.12. The van der Waals surface area contributed by atoms with Gasteiger partial charge >= 0.3 is 0 Å². The van der Waals surface area contributed by atoms with E-state index in [9.17, 15) is 0 Å². The molecule has 0 aliphatic heterocycles. The summed E-state index contributed by atoms with van der Waals surface area (Å²) < 4.78 is 1.63. The van der Waals surface area contributed by atoms with Crippen LogP contribution in [0.1, 0.15) is 12.1 Å². The average molecular weight is 257 g/mol. The quantitative estimate of drug-likeness (QED) is 0.633. The number of nitrogens with two attached hydrogens (primary N) is 2. The van der Waals surface area contributed by atoms with Gasteiger partial charge in [0.25, 0.3) is 0 Å². The third-order valence-electron chi connectivity index (χ3n) is 3.00. The Hall–Kier alpha value is -2.41. The van der Waals surface area contributed by atoms with E-state index in [1.807, 2.05) is 6.07 Å². The molecule has 5 N–H and O–H groups in total. The van der Waals surface area contributed by atoms with Crippen molar-refractivity contribution in [1.82, 2.24) is 24.8 Å². The molecular weight excluding hydrogens is 242 g/mol. The zero-order valence-electron chi connectivity index (χ0n) is 10.4. The lowest BCUT2D eigenvalue weighted by molar-refractivity contribution is 0.805. The molecule has 0 aromatic carbocycles. The Morgan fingerprint density at radius 2 is 2.21 bits per heavy atom. The monoisotopic (exact) mass is 257 g/mol. The minimum absolute atomic E-state index is 0.576. The number of nitrogens with zero attached hydrogens (tertiary/aromatic N) is 4. The summed E-state index contributed by atoms with van der Waals surface area (Å²) in [7, 11) is 0. The van der Waals surface area contributed by atoms with Gasteiger partial charge in [0.1, 0.15) is 5.82 Å². The van der Waals surface area contributed by atoms with Gasteiger partial charge in [-0.1, -0.05) is 0 Å². The van der Waals surface area contributed by atoms with Crippen LogP contribution in [0, 0.1) is 0 Å². The number of rotatable bonds is 4. The molecule has 0 spiro atoms. The fourth-order valence-electron chi connectivity index (χ4n) is 2.05.